The largest absolute Gasteiger partial charge is 0.497 e. The zero-order valence-electron chi connectivity index (χ0n) is 14.1. The lowest BCUT2D eigenvalue weighted by Crippen LogP contribution is -2.15. The number of hydrogen-bond donors (Lipinski definition) is 1. The molecule has 2 aromatic carbocycles. The highest BCUT2D eigenvalue weighted by atomic mass is 32.2. The van der Waals surface area contributed by atoms with Crippen LogP contribution in [0.4, 0.5) is 5.69 Å². The number of carbonyl (C=O) groups excluding carboxylic acids is 1. The molecular weight excluding hydrogens is 346 g/mol. The van der Waals surface area contributed by atoms with E-state index in [-0.39, 0.29) is 11.5 Å². The standard InChI is InChI=1S/C17H19NO6S/c1-12-9-15(7-8-16(12)24-11-17(19)23-3)25(20,21)18-13-5-4-6-14(10-13)22-2/h4-10,18H,11H2,1-3H3. The maximum Gasteiger partial charge on any atom is 0.343 e. The maximum absolute atomic E-state index is 12.5. The van der Waals surface area contributed by atoms with Gasteiger partial charge in [-0.25, -0.2) is 13.2 Å². The predicted octanol–water partition coefficient (Wildman–Crippen LogP) is 2.36. The number of carbonyl (C=O) groups is 1. The second-order valence-electron chi connectivity index (χ2n) is 5.13. The fraction of sp³-hybridized carbons (Fsp3) is 0.235. The lowest BCUT2D eigenvalue weighted by atomic mass is 10.2. The molecule has 0 aliphatic heterocycles. The minimum absolute atomic E-state index is 0.0817. The number of sulfonamides is 1. The molecule has 0 amide bonds. The van der Waals surface area contributed by atoms with Gasteiger partial charge in [0.15, 0.2) is 6.61 Å². The third-order valence-electron chi connectivity index (χ3n) is 3.35. The molecule has 0 aliphatic rings. The van der Waals surface area contributed by atoms with Crippen molar-refractivity contribution in [1.82, 2.24) is 0 Å². The van der Waals surface area contributed by atoms with Gasteiger partial charge >= 0.3 is 5.97 Å². The zero-order valence-corrected chi connectivity index (χ0v) is 14.9. The summed E-state index contributed by atoms with van der Waals surface area (Å²) in [7, 11) is -1.000. The Labute approximate surface area is 146 Å². The molecule has 0 bridgehead atoms. The van der Waals surface area contributed by atoms with E-state index in [2.05, 4.69) is 9.46 Å². The quantitative estimate of drug-likeness (QED) is 0.758. The average Bonchev–Trinajstić information content (AvgIpc) is 2.60. The Kier molecular flexibility index (Phi) is 5.87. The molecule has 0 radical (unpaired) electrons. The fourth-order valence-electron chi connectivity index (χ4n) is 2.05. The molecule has 0 saturated heterocycles. The predicted molar refractivity (Wildman–Crippen MR) is 92.5 cm³/mol. The number of benzene rings is 2. The maximum atomic E-state index is 12.5. The van der Waals surface area contributed by atoms with E-state index in [0.29, 0.717) is 22.7 Å². The second-order valence-corrected chi connectivity index (χ2v) is 6.81. The molecule has 0 unspecified atom stereocenters. The van der Waals surface area contributed by atoms with Gasteiger partial charge in [-0.1, -0.05) is 6.07 Å². The first-order valence-electron chi connectivity index (χ1n) is 7.33. The van der Waals surface area contributed by atoms with Crippen LogP contribution in [0, 0.1) is 6.92 Å². The molecule has 25 heavy (non-hydrogen) atoms. The second kappa shape index (κ2) is 7.89. The number of anilines is 1. The van der Waals surface area contributed by atoms with Crippen molar-refractivity contribution in [2.75, 3.05) is 25.5 Å². The van der Waals surface area contributed by atoms with Crippen molar-refractivity contribution < 1.29 is 27.4 Å². The molecule has 8 heteroatoms. The first-order valence-corrected chi connectivity index (χ1v) is 8.81. The van der Waals surface area contributed by atoms with E-state index in [1.165, 1.54) is 32.4 Å². The number of ether oxygens (including phenoxy) is 3. The Morgan fingerprint density at radius 2 is 1.88 bits per heavy atom. The van der Waals surface area contributed by atoms with Crippen LogP contribution >= 0.6 is 0 Å². The minimum Gasteiger partial charge on any atom is -0.497 e. The van der Waals surface area contributed by atoms with Crippen LogP contribution in [0.15, 0.2) is 47.4 Å². The molecule has 0 aromatic heterocycles. The third-order valence-corrected chi connectivity index (χ3v) is 4.73. The van der Waals surface area contributed by atoms with Crippen molar-refractivity contribution in [2.24, 2.45) is 0 Å². The summed E-state index contributed by atoms with van der Waals surface area (Å²) < 4.78 is 42.4. The number of esters is 1. The van der Waals surface area contributed by atoms with E-state index < -0.39 is 16.0 Å². The van der Waals surface area contributed by atoms with Crippen LogP contribution < -0.4 is 14.2 Å². The monoisotopic (exact) mass is 365 g/mol. The highest BCUT2D eigenvalue weighted by molar-refractivity contribution is 7.92. The lowest BCUT2D eigenvalue weighted by molar-refractivity contribution is -0.142. The number of nitrogens with one attached hydrogen (secondary N) is 1. The first kappa shape index (κ1) is 18.6. The molecule has 0 fully saturated rings. The van der Waals surface area contributed by atoms with Gasteiger partial charge in [0, 0.05) is 6.07 Å². The van der Waals surface area contributed by atoms with Crippen LogP contribution in [0.25, 0.3) is 0 Å². The van der Waals surface area contributed by atoms with E-state index >= 15 is 0 Å². The van der Waals surface area contributed by atoms with Crippen molar-refractivity contribution in [3.8, 4) is 11.5 Å². The van der Waals surface area contributed by atoms with Gasteiger partial charge in [0.1, 0.15) is 11.5 Å². The van der Waals surface area contributed by atoms with Gasteiger partial charge in [-0.05, 0) is 42.8 Å². The Morgan fingerprint density at radius 3 is 2.52 bits per heavy atom. The van der Waals surface area contributed by atoms with Gasteiger partial charge in [-0.2, -0.15) is 0 Å². The average molecular weight is 365 g/mol. The third kappa shape index (κ3) is 4.87. The summed E-state index contributed by atoms with van der Waals surface area (Å²) in [4.78, 5) is 11.2. The van der Waals surface area contributed by atoms with Gasteiger partial charge < -0.3 is 14.2 Å². The Bertz CT molecular complexity index is 863. The Hall–Kier alpha value is -2.74. The minimum atomic E-state index is -3.77. The molecule has 0 atom stereocenters. The Morgan fingerprint density at radius 1 is 1.12 bits per heavy atom. The summed E-state index contributed by atoms with van der Waals surface area (Å²) >= 11 is 0. The lowest BCUT2D eigenvalue weighted by Gasteiger charge is -2.12. The first-order chi connectivity index (χ1) is 11.9. The molecule has 2 aromatic rings. The van der Waals surface area contributed by atoms with Crippen LogP contribution in [0.1, 0.15) is 5.56 Å². The number of methoxy groups -OCH3 is 2. The van der Waals surface area contributed by atoms with Crippen LogP contribution in [0.2, 0.25) is 0 Å². The van der Waals surface area contributed by atoms with Crippen molar-refractivity contribution in [3.05, 3.63) is 48.0 Å². The van der Waals surface area contributed by atoms with Gasteiger partial charge in [-0.15, -0.1) is 0 Å². The molecule has 134 valence electrons. The van der Waals surface area contributed by atoms with Gasteiger partial charge in [0.2, 0.25) is 0 Å². The van der Waals surface area contributed by atoms with Gasteiger partial charge in [0.05, 0.1) is 24.8 Å². The van der Waals surface area contributed by atoms with E-state index in [1.54, 1.807) is 31.2 Å². The van der Waals surface area contributed by atoms with Crippen LogP contribution in [-0.2, 0) is 19.6 Å². The zero-order chi connectivity index (χ0) is 18.4. The number of aryl methyl sites for hydroxylation is 1. The summed E-state index contributed by atoms with van der Waals surface area (Å²) in [5.74, 6) is 0.435. The molecular formula is C17H19NO6S. The van der Waals surface area contributed by atoms with Gasteiger partial charge in [-0.3, -0.25) is 4.72 Å². The topological polar surface area (TPSA) is 90.9 Å². The van der Waals surface area contributed by atoms with Crippen molar-refractivity contribution >= 4 is 21.7 Å². The molecule has 0 heterocycles. The summed E-state index contributed by atoms with van der Waals surface area (Å²) in [5, 5.41) is 0. The highest BCUT2D eigenvalue weighted by Gasteiger charge is 2.16. The van der Waals surface area contributed by atoms with E-state index in [0.717, 1.165) is 0 Å². The van der Waals surface area contributed by atoms with Crippen LogP contribution in [0.5, 0.6) is 11.5 Å². The summed E-state index contributed by atoms with van der Waals surface area (Å²) in [6, 6.07) is 11.0. The Balaban J connectivity index is 2.18. The van der Waals surface area contributed by atoms with Crippen molar-refractivity contribution in [3.63, 3.8) is 0 Å². The van der Waals surface area contributed by atoms with E-state index in [1.807, 2.05) is 0 Å². The fourth-order valence-corrected chi connectivity index (χ4v) is 3.18. The molecule has 1 N–H and O–H groups in total. The summed E-state index contributed by atoms with van der Waals surface area (Å²) in [6.45, 7) is 1.45. The number of hydrogen-bond acceptors (Lipinski definition) is 6. The smallest absolute Gasteiger partial charge is 0.343 e. The SMILES string of the molecule is COC(=O)COc1ccc(S(=O)(=O)Nc2cccc(OC)c2)cc1C. The molecule has 2 rings (SSSR count). The molecule has 0 saturated carbocycles. The van der Waals surface area contributed by atoms with Gasteiger partial charge in [0.25, 0.3) is 10.0 Å². The van der Waals surface area contributed by atoms with Crippen molar-refractivity contribution in [2.45, 2.75) is 11.8 Å². The molecule has 0 aliphatic carbocycles. The summed E-state index contributed by atoms with van der Waals surface area (Å²) in [6.07, 6.45) is 0. The number of rotatable bonds is 7. The van der Waals surface area contributed by atoms with E-state index in [4.69, 9.17) is 9.47 Å². The van der Waals surface area contributed by atoms with Crippen molar-refractivity contribution in [1.29, 1.82) is 0 Å². The van der Waals surface area contributed by atoms with Crippen LogP contribution in [-0.4, -0.2) is 35.2 Å². The highest BCUT2D eigenvalue weighted by Crippen LogP contribution is 2.24. The van der Waals surface area contributed by atoms with E-state index in [9.17, 15) is 13.2 Å². The van der Waals surface area contributed by atoms with Crippen LogP contribution in [0.3, 0.4) is 0 Å². The normalized spacial score (nSPS) is 10.8. The summed E-state index contributed by atoms with van der Waals surface area (Å²) in [5.41, 5.74) is 0.973. The molecule has 0 spiro atoms. The molecule has 7 nitrogen and oxygen atoms in total.